The van der Waals surface area contributed by atoms with Crippen LogP contribution in [-0.4, -0.2) is 9.78 Å². The molecule has 0 bridgehead atoms. The maximum Gasteiger partial charge on any atom is 0.0695 e. The summed E-state index contributed by atoms with van der Waals surface area (Å²) in [6, 6.07) is 0. The van der Waals surface area contributed by atoms with Crippen LogP contribution < -0.4 is 0 Å². The highest BCUT2D eigenvalue weighted by Crippen LogP contribution is 2.50. The van der Waals surface area contributed by atoms with Crippen molar-refractivity contribution in [1.29, 1.82) is 0 Å². The zero-order chi connectivity index (χ0) is 11.5. The van der Waals surface area contributed by atoms with E-state index in [1.54, 1.807) is 5.56 Å². The monoisotopic (exact) mass is 218 g/mol. The molecule has 2 nitrogen and oxygen atoms in total. The Hall–Kier alpha value is -0.790. The fourth-order valence-electron chi connectivity index (χ4n) is 2.79. The molecule has 0 aliphatic heterocycles. The maximum atomic E-state index is 4.82. The summed E-state index contributed by atoms with van der Waals surface area (Å²) in [5, 5.41) is 4.82. The van der Waals surface area contributed by atoms with Crippen LogP contribution in [0, 0.1) is 0 Å². The summed E-state index contributed by atoms with van der Waals surface area (Å²) in [4.78, 5) is 0. The fourth-order valence-corrected chi connectivity index (χ4v) is 2.79. The third kappa shape index (κ3) is 1.59. The van der Waals surface area contributed by atoms with Gasteiger partial charge in [-0.1, -0.05) is 20.8 Å². The summed E-state index contributed by atoms with van der Waals surface area (Å²) in [6.07, 6.45) is 5.44. The maximum absolute atomic E-state index is 4.82. The second-order valence-electron chi connectivity index (χ2n) is 6.57. The van der Waals surface area contributed by atoms with Gasteiger partial charge in [0.25, 0.3) is 0 Å². The van der Waals surface area contributed by atoms with Gasteiger partial charge in [-0.2, -0.15) is 5.10 Å². The molecule has 0 radical (unpaired) electrons. The Kier molecular flexibility index (Phi) is 2.02. The van der Waals surface area contributed by atoms with Crippen LogP contribution in [-0.2, 0) is 12.5 Å². The van der Waals surface area contributed by atoms with Crippen molar-refractivity contribution < 1.29 is 0 Å². The highest BCUT2D eigenvalue weighted by atomic mass is 15.3. The van der Waals surface area contributed by atoms with Gasteiger partial charge >= 0.3 is 0 Å². The fraction of sp³-hybridized carbons (Fsp3) is 0.786. The molecule has 0 atom stereocenters. The van der Waals surface area contributed by atoms with Crippen LogP contribution in [0.2, 0.25) is 0 Å². The van der Waals surface area contributed by atoms with E-state index in [0.29, 0.717) is 0 Å². The highest BCUT2D eigenvalue weighted by molar-refractivity contribution is 5.40. The molecule has 2 saturated carbocycles. The number of rotatable bonds is 2. The van der Waals surface area contributed by atoms with E-state index in [0.717, 1.165) is 11.8 Å². The molecule has 0 unspecified atom stereocenters. The summed E-state index contributed by atoms with van der Waals surface area (Å²) in [5.41, 5.74) is 4.77. The molecule has 0 N–H and O–H groups in total. The molecule has 1 aromatic heterocycles. The van der Waals surface area contributed by atoms with Gasteiger partial charge < -0.3 is 0 Å². The van der Waals surface area contributed by atoms with Crippen molar-refractivity contribution in [1.82, 2.24) is 9.78 Å². The molecular weight excluding hydrogens is 196 g/mol. The van der Waals surface area contributed by atoms with Crippen molar-refractivity contribution in [2.75, 3.05) is 0 Å². The van der Waals surface area contributed by atoms with Gasteiger partial charge in [0.2, 0.25) is 0 Å². The molecule has 2 heteroatoms. The third-order valence-electron chi connectivity index (χ3n) is 3.80. The smallest absolute Gasteiger partial charge is 0.0695 e. The second-order valence-corrected chi connectivity index (χ2v) is 6.57. The molecule has 0 amide bonds. The Bertz CT molecular complexity index is 415. The van der Waals surface area contributed by atoms with E-state index >= 15 is 0 Å². The number of aromatic nitrogens is 2. The summed E-state index contributed by atoms with van der Waals surface area (Å²) < 4.78 is 2.17. The van der Waals surface area contributed by atoms with Crippen LogP contribution in [0.3, 0.4) is 0 Å². The number of hydrogen-bond acceptors (Lipinski definition) is 1. The average Bonchev–Trinajstić information content (AvgIpc) is 3.04. The molecule has 3 rings (SSSR count). The van der Waals surface area contributed by atoms with Crippen molar-refractivity contribution in [3.63, 3.8) is 0 Å². The van der Waals surface area contributed by atoms with Crippen LogP contribution in [0.4, 0.5) is 0 Å². The average molecular weight is 218 g/mol. The van der Waals surface area contributed by atoms with E-state index in [4.69, 9.17) is 5.10 Å². The SMILES string of the molecule is Cn1nc(C2CC2)c(C(C)(C)C)c1C1CC1. The van der Waals surface area contributed by atoms with Gasteiger partial charge in [0, 0.05) is 30.1 Å². The molecule has 0 saturated heterocycles. The Balaban J connectivity index is 2.14. The summed E-state index contributed by atoms with van der Waals surface area (Å²) >= 11 is 0. The third-order valence-corrected chi connectivity index (χ3v) is 3.80. The minimum absolute atomic E-state index is 0.254. The van der Waals surface area contributed by atoms with Crippen LogP contribution in [0.5, 0.6) is 0 Å². The van der Waals surface area contributed by atoms with Gasteiger partial charge in [0.15, 0.2) is 0 Å². The zero-order valence-electron chi connectivity index (χ0n) is 10.9. The normalized spacial score (nSPS) is 21.5. The van der Waals surface area contributed by atoms with E-state index in [1.165, 1.54) is 37.1 Å². The van der Waals surface area contributed by atoms with Gasteiger partial charge in [-0.05, 0) is 31.1 Å². The largest absolute Gasteiger partial charge is 0.272 e. The highest BCUT2D eigenvalue weighted by Gasteiger charge is 2.39. The standard InChI is InChI=1S/C14H22N2/c1-14(2,3)11-12(9-5-6-9)15-16(4)13(11)10-7-8-10/h9-10H,5-8H2,1-4H3. The molecule has 16 heavy (non-hydrogen) atoms. The molecule has 0 spiro atoms. The van der Waals surface area contributed by atoms with Crippen molar-refractivity contribution in [2.24, 2.45) is 7.05 Å². The van der Waals surface area contributed by atoms with E-state index in [-0.39, 0.29) is 5.41 Å². The lowest BCUT2D eigenvalue weighted by atomic mass is 9.83. The minimum atomic E-state index is 0.254. The number of aryl methyl sites for hydroxylation is 1. The first-order valence-corrected chi connectivity index (χ1v) is 6.55. The lowest BCUT2D eigenvalue weighted by Gasteiger charge is -2.21. The molecule has 1 aromatic rings. The Morgan fingerprint density at radius 2 is 1.62 bits per heavy atom. The zero-order valence-corrected chi connectivity index (χ0v) is 10.9. The predicted octanol–water partition coefficient (Wildman–Crippen LogP) is 3.47. The lowest BCUT2D eigenvalue weighted by Crippen LogP contribution is -2.15. The molecule has 2 fully saturated rings. The van der Waals surface area contributed by atoms with Crippen molar-refractivity contribution in [3.8, 4) is 0 Å². The quantitative estimate of drug-likeness (QED) is 0.743. The molecular formula is C14H22N2. The van der Waals surface area contributed by atoms with Crippen molar-refractivity contribution >= 4 is 0 Å². The number of hydrogen-bond donors (Lipinski definition) is 0. The minimum Gasteiger partial charge on any atom is -0.272 e. The molecule has 2 aliphatic carbocycles. The van der Waals surface area contributed by atoms with Gasteiger partial charge in [-0.15, -0.1) is 0 Å². The van der Waals surface area contributed by atoms with E-state index in [1.807, 2.05) is 0 Å². The van der Waals surface area contributed by atoms with Crippen molar-refractivity contribution in [2.45, 2.75) is 63.7 Å². The van der Waals surface area contributed by atoms with Gasteiger partial charge in [-0.25, -0.2) is 0 Å². The van der Waals surface area contributed by atoms with Gasteiger partial charge in [-0.3, -0.25) is 4.68 Å². The van der Waals surface area contributed by atoms with E-state index < -0.39 is 0 Å². The molecule has 1 heterocycles. The van der Waals surface area contributed by atoms with Gasteiger partial charge in [0.1, 0.15) is 0 Å². The molecule has 2 aliphatic rings. The first kappa shape index (κ1) is 10.4. The first-order chi connectivity index (χ1) is 7.48. The first-order valence-electron chi connectivity index (χ1n) is 6.55. The lowest BCUT2D eigenvalue weighted by molar-refractivity contribution is 0.572. The summed E-state index contributed by atoms with van der Waals surface area (Å²) in [6.45, 7) is 7.01. The molecule has 88 valence electrons. The summed E-state index contributed by atoms with van der Waals surface area (Å²) in [7, 11) is 2.13. The topological polar surface area (TPSA) is 17.8 Å². The number of nitrogens with zero attached hydrogens (tertiary/aromatic N) is 2. The Morgan fingerprint density at radius 1 is 1.06 bits per heavy atom. The van der Waals surface area contributed by atoms with Gasteiger partial charge in [0.05, 0.1) is 5.69 Å². The van der Waals surface area contributed by atoms with Crippen LogP contribution >= 0.6 is 0 Å². The second kappa shape index (κ2) is 3.12. The Labute approximate surface area is 98.0 Å². The predicted molar refractivity (Wildman–Crippen MR) is 65.9 cm³/mol. The Morgan fingerprint density at radius 3 is 2.06 bits per heavy atom. The van der Waals surface area contributed by atoms with Crippen LogP contribution in [0.25, 0.3) is 0 Å². The van der Waals surface area contributed by atoms with E-state index in [2.05, 4.69) is 32.5 Å². The van der Waals surface area contributed by atoms with Crippen LogP contribution in [0.1, 0.15) is 75.2 Å². The van der Waals surface area contributed by atoms with E-state index in [9.17, 15) is 0 Å². The van der Waals surface area contributed by atoms with Crippen molar-refractivity contribution in [3.05, 3.63) is 17.0 Å². The summed E-state index contributed by atoms with van der Waals surface area (Å²) in [5.74, 6) is 1.58. The van der Waals surface area contributed by atoms with Crippen LogP contribution in [0.15, 0.2) is 0 Å². The molecule has 0 aromatic carbocycles.